The summed E-state index contributed by atoms with van der Waals surface area (Å²) in [4.78, 5) is 19.1. The van der Waals surface area contributed by atoms with Crippen LogP contribution in [0, 0.1) is 18.6 Å². The molecule has 30 heavy (non-hydrogen) atoms. The number of amides is 1. The lowest BCUT2D eigenvalue weighted by Crippen LogP contribution is -2.46. The van der Waals surface area contributed by atoms with E-state index in [0.29, 0.717) is 0 Å². The van der Waals surface area contributed by atoms with E-state index in [-0.39, 0.29) is 28.8 Å². The molecule has 1 amide bonds. The average molecular weight is 468 g/mol. The zero-order chi connectivity index (χ0) is 22.4. The first-order valence-corrected chi connectivity index (χ1v) is 10.4. The maximum absolute atomic E-state index is 14.3. The van der Waals surface area contributed by atoms with Gasteiger partial charge in [0.05, 0.1) is 22.9 Å². The van der Waals surface area contributed by atoms with E-state index in [9.17, 15) is 31.0 Å². The SMILES string of the molecule is Cc1cc(C(F)(F)F)cc(N2CS(=O)C[C@@H]2C(=O)N(C)c2ccc(F)c(Cl)c2F)n1. The number of carbonyl (C=O) groups excluding carboxylic acids is 1. The molecule has 162 valence electrons. The first-order chi connectivity index (χ1) is 13.9. The van der Waals surface area contributed by atoms with E-state index in [1.807, 2.05) is 0 Å². The third-order valence-electron chi connectivity index (χ3n) is 4.56. The van der Waals surface area contributed by atoms with Crippen LogP contribution in [0.2, 0.25) is 5.02 Å². The lowest BCUT2D eigenvalue weighted by Gasteiger charge is -2.28. The third kappa shape index (κ3) is 4.27. The van der Waals surface area contributed by atoms with Crippen LogP contribution in [0.1, 0.15) is 11.3 Å². The summed E-state index contributed by atoms with van der Waals surface area (Å²) in [6.07, 6.45) is -4.63. The molecule has 0 radical (unpaired) electrons. The van der Waals surface area contributed by atoms with Crippen molar-refractivity contribution >= 4 is 39.8 Å². The summed E-state index contributed by atoms with van der Waals surface area (Å²) in [5.74, 6) is -3.49. The molecular formula is C18H15ClF5N3O2S. The Hall–Kier alpha value is -2.27. The van der Waals surface area contributed by atoms with Crippen LogP contribution >= 0.6 is 11.6 Å². The number of aryl methyl sites for hydroxylation is 1. The topological polar surface area (TPSA) is 53.5 Å². The van der Waals surface area contributed by atoms with Gasteiger partial charge in [-0.15, -0.1) is 0 Å². The molecule has 3 rings (SSSR count). The molecule has 1 aromatic carbocycles. The van der Waals surface area contributed by atoms with Crippen molar-refractivity contribution < 1.29 is 31.0 Å². The number of likely N-dealkylation sites (N-methyl/N-ethyl adjacent to an activating group) is 1. The van der Waals surface area contributed by atoms with Gasteiger partial charge in [0.2, 0.25) is 0 Å². The number of benzene rings is 1. The Morgan fingerprint density at radius 3 is 2.60 bits per heavy atom. The van der Waals surface area contributed by atoms with Crippen LogP contribution in [-0.4, -0.2) is 39.8 Å². The molecule has 0 aliphatic carbocycles. The number of rotatable bonds is 3. The lowest BCUT2D eigenvalue weighted by atomic mass is 10.2. The van der Waals surface area contributed by atoms with Gasteiger partial charge in [-0.25, -0.2) is 13.8 Å². The van der Waals surface area contributed by atoms with E-state index < -0.39 is 51.1 Å². The maximum Gasteiger partial charge on any atom is 0.416 e. The van der Waals surface area contributed by atoms with E-state index >= 15 is 0 Å². The molecule has 1 fully saturated rings. The first-order valence-electron chi connectivity index (χ1n) is 8.48. The molecule has 1 aliphatic rings. The fraction of sp³-hybridized carbons (Fsp3) is 0.333. The van der Waals surface area contributed by atoms with Gasteiger partial charge in [-0.05, 0) is 31.2 Å². The molecule has 1 unspecified atom stereocenters. The van der Waals surface area contributed by atoms with Crippen LogP contribution in [-0.2, 0) is 21.8 Å². The highest BCUT2D eigenvalue weighted by Gasteiger charge is 2.40. The third-order valence-corrected chi connectivity index (χ3v) is 6.16. The number of halogens is 6. The summed E-state index contributed by atoms with van der Waals surface area (Å²) in [6, 6.07) is 2.36. The summed E-state index contributed by atoms with van der Waals surface area (Å²) < 4.78 is 79.4. The number of nitrogens with zero attached hydrogens (tertiary/aromatic N) is 3. The second kappa shape index (κ2) is 8.10. The van der Waals surface area contributed by atoms with Gasteiger partial charge in [-0.2, -0.15) is 13.2 Å². The largest absolute Gasteiger partial charge is 0.416 e. The van der Waals surface area contributed by atoms with Crippen molar-refractivity contribution in [3.8, 4) is 0 Å². The number of hydrogen-bond donors (Lipinski definition) is 0. The van der Waals surface area contributed by atoms with Gasteiger partial charge in [0.1, 0.15) is 22.7 Å². The standard InChI is InChI=1S/C18H15ClF5N3O2S/c1-9-5-10(18(22,23)24)6-14(25-9)27-8-30(29)7-13(27)17(28)26(2)12-4-3-11(20)15(19)16(12)21/h3-6,13H,7-8H2,1-2H3/t13-,30?/m1/s1. The molecule has 2 atom stereocenters. The number of aromatic nitrogens is 1. The molecule has 12 heteroatoms. The summed E-state index contributed by atoms with van der Waals surface area (Å²) >= 11 is 5.55. The van der Waals surface area contributed by atoms with Crippen molar-refractivity contribution in [2.24, 2.45) is 0 Å². The molecule has 0 N–H and O–H groups in total. The van der Waals surface area contributed by atoms with E-state index in [1.165, 1.54) is 18.9 Å². The summed E-state index contributed by atoms with van der Waals surface area (Å²) in [7, 11) is -0.340. The number of hydrogen-bond acceptors (Lipinski definition) is 4. The minimum absolute atomic E-state index is 0.0634. The van der Waals surface area contributed by atoms with Gasteiger partial charge in [0.15, 0.2) is 5.82 Å². The predicted octanol–water partition coefficient (Wildman–Crippen LogP) is 3.90. The minimum Gasteiger partial charge on any atom is -0.332 e. The van der Waals surface area contributed by atoms with Gasteiger partial charge >= 0.3 is 6.18 Å². The monoisotopic (exact) mass is 467 g/mol. The second-order valence-electron chi connectivity index (χ2n) is 6.67. The van der Waals surface area contributed by atoms with Crippen LogP contribution in [0.3, 0.4) is 0 Å². The molecule has 2 heterocycles. The fourth-order valence-corrected chi connectivity index (χ4v) is 4.64. The Balaban J connectivity index is 1.97. The summed E-state index contributed by atoms with van der Waals surface area (Å²) in [5.41, 5.74) is -1.22. The highest BCUT2D eigenvalue weighted by molar-refractivity contribution is 7.85. The molecule has 0 spiro atoms. The Morgan fingerprint density at radius 2 is 1.97 bits per heavy atom. The van der Waals surface area contributed by atoms with Gasteiger partial charge in [0, 0.05) is 23.5 Å². The van der Waals surface area contributed by atoms with Gasteiger partial charge in [0.25, 0.3) is 5.91 Å². The van der Waals surface area contributed by atoms with Gasteiger partial charge in [-0.3, -0.25) is 9.00 Å². The van der Waals surface area contributed by atoms with Gasteiger partial charge in [-0.1, -0.05) is 11.6 Å². The van der Waals surface area contributed by atoms with Crippen LogP contribution in [0.4, 0.5) is 33.5 Å². The van der Waals surface area contributed by atoms with Crippen molar-refractivity contribution in [1.29, 1.82) is 0 Å². The van der Waals surface area contributed by atoms with Crippen LogP contribution in [0.5, 0.6) is 0 Å². The van der Waals surface area contributed by atoms with Crippen molar-refractivity contribution in [3.05, 3.63) is 52.2 Å². The zero-order valence-corrected chi connectivity index (χ0v) is 17.2. The molecule has 1 aliphatic heterocycles. The quantitative estimate of drug-likeness (QED) is 0.507. The van der Waals surface area contributed by atoms with Crippen molar-refractivity contribution in [2.45, 2.75) is 19.1 Å². The molecule has 2 aromatic rings. The highest BCUT2D eigenvalue weighted by atomic mass is 35.5. The Kier molecular flexibility index (Phi) is 6.06. The highest BCUT2D eigenvalue weighted by Crippen LogP contribution is 2.34. The number of alkyl halides is 3. The Labute approximate surface area is 175 Å². The normalized spacial score (nSPS) is 19.3. The first kappa shape index (κ1) is 22.4. The average Bonchev–Trinajstić information content (AvgIpc) is 3.06. The van der Waals surface area contributed by atoms with Crippen LogP contribution < -0.4 is 9.80 Å². The molecule has 0 saturated carbocycles. The van der Waals surface area contributed by atoms with E-state index in [1.54, 1.807) is 0 Å². The second-order valence-corrected chi connectivity index (χ2v) is 8.52. The smallest absolute Gasteiger partial charge is 0.332 e. The van der Waals surface area contributed by atoms with Crippen LogP contribution in [0.15, 0.2) is 24.3 Å². The van der Waals surface area contributed by atoms with E-state index in [0.717, 1.165) is 29.2 Å². The van der Waals surface area contributed by atoms with Crippen LogP contribution in [0.25, 0.3) is 0 Å². The number of anilines is 2. The fourth-order valence-electron chi connectivity index (χ4n) is 3.07. The van der Waals surface area contributed by atoms with Gasteiger partial charge < -0.3 is 9.80 Å². The number of carbonyl (C=O) groups is 1. The minimum atomic E-state index is -4.63. The van der Waals surface area contributed by atoms with E-state index in [2.05, 4.69) is 4.98 Å². The zero-order valence-electron chi connectivity index (χ0n) is 15.6. The Morgan fingerprint density at radius 1 is 1.30 bits per heavy atom. The van der Waals surface area contributed by atoms with Crippen molar-refractivity contribution in [2.75, 3.05) is 28.5 Å². The molecule has 1 saturated heterocycles. The van der Waals surface area contributed by atoms with Crippen molar-refractivity contribution in [1.82, 2.24) is 4.98 Å². The molecule has 0 bridgehead atoms. The van der Waals surface area contributed by atoms with E-state index in [4.69, 9.17) is 11.6 Å². The predicted molar refractivity (Wildman–Crippen MR) is 103 cm³/mol. The summed E-state index contributed by atoms with van der Waals surface area (Å²) in [6.45, 7) is 1.37. The maximum atomic E-state index is 14.3. The van der Waals surface area contributed by atoms with Crippen molar-refractivity contribution in [3.63, 3.8) is 0 Å². The molecular weight excluding hydrogens is 453 g/mol. The molecule has 1 aromatic heterocycles. The molecule has 5 nitrogen and oxygen atoms in total. The number of pyridine rings is 1. The lowest BCUT2D eigenvalue weighted by molar-refractivity contribution is -0.137. The summed E-state index contributed by atoms with van der Waals surface area (Å²) in [5, 5.41) is -0.797. The Bertz CT molecular complexity index is 1030.